The molecule has 1 aromatic heterocycles. The molecule has 0 aliphatic rings. The number of hydrogen-bond acceptors (Lipinski definition) is 2. The van der Waals surface area contributed by atoms with Gasteiger partial charge in [-0.2, -0.15) is 5.10 Å². The minimum absolute atomic E-state index is 0.0732. The molecule has 2 rings (SSSR count). The number of carbonyl (C=O) groups is 1. The van der Waals surface area contributed by atoms with Crippen molar-refractivity contribution in [3.63, 3.8) is 0 Å². The van der Waals surface area contributed by atoms with Gasteiger partial charge in [-0.1, -0.05) is 43.1 Å². The van der Waals surface area contributed by atoms with Crippen LogP contribution in [0.4, 0.5) is 0 Å². The van der Waals surface area contributed by atoms with Crippen molar-refractivity contribution in [1.29, 1.82) is 0 Å². The molecule has 0 spiro atoms. The molecule has 0 bridgehead atoms. The summed E-state index contributed by atoms with van der Waals surface area (Å²) in [6.45, 7) is 6.23. The first kappa shape index (κ1) is 16.1. The fourth-order valence-corrected chi connectivity index (χ4v) is 2.83. The van der Waals surface area contributed by atoms with Gasteiger partial charge >= 0.3 is 0 Å². The predicted octanol–water partition coefficient (Wildman–Crippen LogP) is 4.57. The Kier molecular flexibility index (Phi) is 5.07. The molecule has 0 N–H and O–H groups in total. The van der Waals surface area contributed by atoms with Crippen LogP contribution in [0.2, 0.25) is 10.0 Å². The highest BCUT2D eigenvalue weighted by molar-refractivity contribution is 6.42. The van der Waals surface area contributed by atoms with Crippen LogP contribution in [0.1, 0.15) is 48.1 Å². The number of benzene rings is 1. The molecule has 0 fully saturated rings. The molecule has 1 heterocycles. The number of carbonyl (C=O) groups excluding carboxylic acids is 1. The minimum Gasteiger partial charge on any atom is -0.294 e. The standard InChI is InChI=1S/C16H18Cl2N2O/c1-4-14-16(10(3)21)15(5-2)20(19-14)9-11-6-7-12(17)13(18)8-11/h6-8H,4-5,9H2,1-3H3. The molecule has 0 amide bonds. The number of rotatable bonds is 5. The van der Waals surface area contributed by atoms with E-state index < -0.39 is 0 Å². The third-order valence-corrected chi connectivity index (χ3v) is 4.21. The van der Waals surface area contributed by atoms with Crippen LogP contribution in [0.3, 0.4) is 0 Å². The summed E-state index contributed by atoms with van der Waals surface area (Å²) in [6, 6.07) is 5.54. The third kappa shape index (κ3) is 3.30. The van der Waals surface area contributed by atoms with Crippen molar-refractivity contribution in [1.82, 2.24) is 9.78 Å². The first-order chi connectivity index (χ1) is 9.97. The molecule has 5 heteroatoms. The van der Waals surface area contributed by atoms with Gasteiger partial charge in [0.25, 0.3) is 0 Å². The number of aryl methyl sites for hydroxylation is 1. The van der Waals surface area contributed by atoms with Gasteiger partial charge in [-0.3, -0.25) is 9.48 Å². The zero-order chi connectivity index (χ0) is 15.6. The molecule has 3 nitrogen and oxygen atoms in total. The average molecular weight is 325 g/mol. The second-order valence-electron chi connectivity index (χ2n) is 4.94. The van der Waals surface area contributed by atoms with Gasteiger partial charge in [-0.15, -0.1) is 0 Å². The van der Waals surface area contributed by atoms with Gasteiger partial charge in [0.2, 0.25) is 0 Å². The highest BCUT2D eigenvalue weighted by Crippen LogP contribution is 2.24. The summed E-state index contributed by atoms with van der Waals surface area (Å²) < 4.78 is 1.90. The molecule has 0 aliphatic heterocycles. The Morgan fingerprint density at radius 1 is 1.19 bits per heavy atom. The second kappa shape index (κ2) is 6.63. The molecule has 0 saturated heterocycles. The summed E-state index contributed by atoms with van der Waals surface area (Å²) >= 11 is 12.0. The summed E-state index contributed by atoms with van der Waals surface area (Å²) in [5.74, 6) is 0.0732. The van der Waals surface area contributed by atoms with E-state index in [0.717, 1.165) is 35.4 Å². The monoisotopic (exact) mass is 324 g/mol. The van der Waals surface area contributed by atoms with Gasteiger partial charge in [-0.05, 0) is 37.5 Å². The highest BCUT2D eigenvalue weighted by Gasteiger charge is 2.19. The van der Waals surface area contributed by atoms with Gasteiger partial charge in [0.1, 0.15) is 0 Å². The first-order valence-electron chi connectivity index (χ1n) is 7.01. The van der Waals surface area contributed by atoms with E-state index in [1.807, 2.05) is 30.7 Å². The summed E-state index contributed by atoms with van der Waals surface area (Å²) in [6.07, 6.45) is 1.51. The van der Waals surface area contributed by atoms with Crippen LogP contribution < -0.4 is 0 Å². The minimum atomic E-state index is 0.0732. The van der Waals surface area contributed by atoms with E-state index in [1.165, 1.54) is 0 Å². The van der Waals surface area contributed by atoms with E-state index in [2.05, 4.69) is 5.10 Å². The Balaban J connectivity index is 2.44. The fraction of sp³-hybridized carbons (Fsp3) is 0.375. The van der Waals surface area contributed by atoms with Crippen LogP contribution in [-0.2, 0) is 19.4 Å². The van der Waals surface area contributed by atoms with Crippen LogP contribution in [0, 0.1) is 0 Å². The van der Waals surface area contributed by atoms with Crippen LogP contribution in [0.25, 0.3) is 0 Å². The maximum absolute atomic E-state index is 11.9. The van der Waals surface area contributed by atoms with Crippen molar-refractivity contribution in [2.24, 2.45) is 0 Å². The molecule has 0 unspecified atom stereocenters. The van der Waals surface area contributed by atoms with Crippen LogP contribution in [-0.4, -0.2) is 15.6 Å². The van der Waals surface area contributed by atoms with Crippen LogP contribution in [0.15, 0.2) is 18.2 Å². The molecule has 1 aromatic carbocycles. The van der Waals surface area contributed by atoms with E-state index in [4.69, 9.17) is 23.2 Å². The lowest BCUT2D eigenvalue weighted by Crippen LogP contribution is -2.07. The second-order valence-corrected chi connectivity index (χ2v) is 5.75. The molecule has 0 saturated carbocycles. The number of aromatic nitrogens is 2. The van der Waals surface area contributed by atoms with Gasteiger partial charge in [0, 0.05) is 5.69 Å². The van der Waals surface area contributed by atoms with Gasteiger partial charge < -0.3 is 0 Å². The summed E-state index contributed by atoms with van der Waals surface area (Å²) in [5, 5.41) is 5.65. The fourth-order valence-electron chi connectivity index (χ4n) is 2.51. The van der Waals surface area contributed by atoms with Crippen LogP contribution >= 0.6 is 23.2 Å². The lowest BCUT2D eigenvalue weighted by atomic mass is 10.1. The smallest absolute Gasteiger partial charge is 0.163 e. The normalized spacial score (nSPS) is 10.9. The summed E-state index contributed by atoms with van der Waals surface area (Å²) in [5.41, 5.74) is 3.62. The zero-order valence-electron chi connectivity index (χ0n) is 12.4. The number of Topliss-reactive ketones (excluding diaryl/α,β-unsaturated/α-hetero) is 1. The molecule has 112 valence electrons. The summed E-state index contributed by atoms with van der Waals surface area (Å²) in [4.78, 5) is 11.9. The maximum atomic E-state index is 11.9. The predicted molar refractivity (Wildman–Crippen MR) is 86.6 cm³/mol. The topological polar surface area (TPSA) is 34.9 Å². The molecule has 0 radical (unpaired) electrons. The van der Waals surface area contributed by atoms with Gasteiger partial charge in [0.15, 0.2) is 5.78 Å². The van der Waals surface area contributed by atoms with Gasteiger partial charge in [0.05, 0.1) is 27.8 Å². The van der Waals surface area contributed by atoms with Gasteiger partial charge in [-0.25, -0.2) is 0 Å². The maximum Gasteiger partial charge on any atom is 0.163 e. The molecular formula is C16H18Cl2N2O. The average Bonchev–Trinajstić information content (AvgIpc) is 2.80. The zero-order valence-corrected chi connectivity index (χ0v) is 13.9. The van der Waals surface area contributed by atoms with E-state index in [9.17, 15) is 4.79 Å². The van der Waals surface area contributed by atoms with E-state index >= 15 is 0 Å². The van der Waals surface area contributed by atoms with E-state index in [-0.39, 0.29) is 5.78 Å². The van der Waals surface area contributed by atoms with Crippen molar-refractivity contribution in [2.75, 3.05) is 0 Å². The molecule has 0 aliphatic carbocycles. The Morgan fingerprint density at radius 3 is 2.43 bits per heavy atom. The van der Waals surface area contributed by atoms with Crippen molar-refractivity contribution in [3.8, 4) is 0 Å². The molecule has 0 atom stereocenters. The molecule has 2 aromatic rings. The number of hydrogen-bond donors (Lipinski definition) is 0. The van der Waals surface area contributed by atoms with Crippen molar-refractivity contribution in [2.45, 2.75) is 40.2 Å². The molecular weight excluding hydrogens is 307 g/mol. The largest absolute Gasteiger partial charge is 0.294 e. The van der Waals surface area contributed by atoms with Crippen molar-refractivity contribution < 1.29 is 4.79 Å². The summed E-state index contributed by atoms with van der Waals surface area (Å²) in [7, 11) is 0. The quantitative estimate of drug-likeness (QED) is 0.755. The van der Waals surface area contributed by atoms with Crippen LogP contribution in [0.5, 0.6) is 0 Å². The lowest BCUT2D eigenvalue weighted by molar-refractivity contribution is 0.101. The Labute approximate surface area is 134 Å². The highest BCUT2D eigenvalue weighted by atomic mass is 35.5. The molecule has 21 heavy (non-hydrogen) atoms. The Morgan fingerprint density at radius 2 is 1.90 bits per heavy atom. The Bertz CT molecular complexity index is 677. The number of halogens is 2. The van der Waals surface area contributed by atoms with Crippen molar-refractivity contribution in [3.05, 3.63) is 50.8 Å². The van der Waals surface area contributed by atoms with E-state index in [0.29, 0.717) is 16.6 Å². The first-order valence-corrected chi connectivity index (χ1v) is 7.76. The third-order valence-electron chi connectivity index (χ3n) is 3.47. The number of nitrogens with zero attached hydrogens (tertiary/aromatic N) is 2. The lowest BCUT2D eigenvalue weighted by Gasteiger charge is -2.08. The number of ketones is 1. The Hall–Kier alpha value is -1.32. The van der Waals surface area contributed by atoms with Crippen molar-refractivity contribution >= 4 is 29.0 Å². The van der Waals surface area contributed by atoms with E-state index in [1.54, 1.807) is 13.0 Å². The SMILES string of the molecule is CCc1nn(Cc2ccc(Cl)c(Cl)c2)c(CC)c1C(C)=O.